The minimum Gasteiger partial charge on any atom is -0.361 e. The van der Waals surface area contributed by atoms with E-state index in [1.807, 2.05) is 0 Å². The first-order chi connectivity index (χ1) is 4.79. The first-order valence-corrected chi connectivity index (χ1v) is 2.88. The standard InChI is InChI=1S/C7H7N2O.Na/c1-6(10)9-7-2-4-8-5-3-7;/h2,4-5H,1H3,(H,8,9,10);/q-1;+1. The molecule has 1 amide bonds. The Morgan fingerprint density at radius 1 is 1.73 bits per heavy atom. The summed E-state index contributed by atoms with van der Waals surface area (Å²) >= 11 is 0. The van der Waals surface area contributed by atoms with E-state index in [4.69, 9.17) is 0 Å². The smallest absolute Gasteiger partial charge is 0.361 e. The van der Waals surface area contributed by atoms with Crippen LogP contribution in [0.1, 0.15) is 6.92 Å². The van der Waals surface area contributed by atoms with Crippen molar-refractivity contribution in [3.05, 3.63) is 24.5 Å². The average Bonchev–Trinajstić information content (AvgIpc) is 1.88. The van der Waals surface area contributed by atoms with Crippen LogP contribution in [-0.2, 0) is 4.79 Å². The summed E-state index contributed by atoms with van der Waals surface area (Å²) in [6, 6.07) is 4.44. The van der Waals surface area contributed by atoms with E-state index in [1.54, 1.807) is 12.3 Å². The van der Waals surface area contributed by atoms with Crippen molar-refractivity contribution < 1.29 is 34.4 Å². The molecule has 1 heterocycles. The van der Waals surface area contributed by atoms with Gasteiger partial charge in [0.05, 0.1) is 0 Å². The Bertz CT molecular complexity index is 225. The molecule has 11 heavy (non-hydrogen) atoms. The van der Waals surface area contributed by atoms with Gasteiger partial charge in [-0.05, 0) is 0 Å². The molecule has 1 aromatic heterocycles. The maximum atomic E-state index is 10.5. The van der Waals surface area contributed by atoms with E-state index < -0.39 is 0 Å². The largest absolute Gasteiger partial charge is 1.00 e. The number of nitrogens with zero attached hydrogens (tertiary/aromatic N) is 1. The molecule has 0 spiro atoms. The fourth-order valence-corrected chi connectivity index (χ4v) is 0.583. The fourth-order valence-electron chi connectivity index (χ4n) is 0.583. The molecule has 0 bridgehead atoms. The van der Waals surface area contributed by atoms with Crippen molar-refractivity contribution in [1.29, 1.82) is 0 Å². The van der Waals surface area contributed by atoms with Crippen LogP contribution in [0, 0.1) is 6.07 Å². The van der Waals surface area contributed by atoms with Crippen LogP contribution in [0.3, 0.4) is 0 Å². The van der Waals surface area contributed by atoms with E-state index in [0.717, 1.165) is 0 Å². The van der Waals surface area contributed by atoms with E-state index >= 15 is 0 Å². The molecule has 1 N–H and O–H groups in total. The molecule has 0 unspecified atom stereocenters. The molecule has 1 aromatic rings. The number of nitrogens with one attached hydrogen (secondary N) is 1. The number of carbonyl (C=O) groups excluding carboxylic acids is 1. The SMILES string of the molecule is CC(=O)Nc1[c-]cncc1.[Na+]. The summed E-state index contributed by atoms with van der Waals surface area (Å²) in [5, 5.41) is 2.57. The Morgan fingerprint density at radius 2 is 2.45 bits per heavy atom. The monoisotopic (exact) mass is 158 g/mol. The van der Waals surface area contributed by atoms with Crippen LogP contribution >= 0.6 is 0 Å². The van der Waals surface area contributed by atoms with Gasteiger partial charge in [-0.1, -0.05) is 12.4 Å². The van der Waals surface area contributed by atoms with Crippen LogP contribution in [0.25, 0.3) is 0 Å². The Morgan fingerprint density at radius 3 is 2.91 bits per heavy atom. The molecule has 0 atom stereocenters. The second-order valence-corrected chi connectivity index (χ2v) is 1.83. The molecule has 0 aliphatic heterocycles. The Hall–Kier alpha value is -0.380. The summed E-state index contributed by atoms with van der Waals surface area (Å²) in [6.45, 7) is 1.45. The van der Waals surface area contributed by atoms with Crippen molar-refractivity contribution in [3.63, 3.8) is 0 Å². The molecule has 0 aliphatic rings. The van der Waals surface area contributed by atoms with Crippen molar-refractivity contribution in [2.45, 2.75) is 6.92 Å². The summed E-state index contributed by atoms with van der Waals surface area (Å²) in [6.07, 6.45) is 3.10. The summed E-state index contributed by atoms with van der Waals surface area (Å²) in [5.41, 5.74) is 0.655. The van der Waals surface area contributed by atoms with Crippen molar-refractivity contribution in [2.24, 2.45) is 0 Å². The Balaban J connectivity index is 0.000001000. The molecular weight excluding hydrogens is 151 g/mol. The van der Waals surface area contributed by atoms with Gasteiger partial charge >= 0.3 is 29.6 Å². The maximum absolute atomic E-state index is 10.5. The van der Waals surface area contributed by atoms with Gasteiger partial charge in [0.1, 0.15) is 0 Å². The fraction of sp³-hybridized carbons (Fsp3) is 0.143. The van der Waals surface area contributed by atoms with Gasteiger partial charge < -0.3 is 10.3 Å². The van der Waals surface area contributed by atoms with E-state index in [-0.39, 0.29) is 35.5 Å². The second-order valence-electron chi connectivity index (χ2n) is 1.83. The van der Waals surface area contributed by atoms with Crippen molar-refractivity contribution >= 4 is 11.6 Å². The Kier molecular flexibility index (Phi) is 5.11. The van der Waals surface area contributed by atoms with Crippen molar-refractivity contribution in [1.82, 2.24) is 4.98 Å². The van der Waals surface area contributed by atoms with Crippen molar-refractivity contribution in [3.8, 4) is 0 Å². The zero-order chi connectivity index (χ0) is 7.40. The van der Waals surface area contributed by atoms with E-state index in [1.165, 1.54) is 13.1 Å². The van der Waals surface area contributed by atoms with Gasteiger partial charge in [0, 0.05) is 6.92 Å². The van der Waals surface area contributed by atoms with Gasteiger partial charge in [-0.2, -0.15) is 6.07 Å². The van der Waals surface area contributed by atoms with Crippen LogP contribution in [0.2, 0.25) is 0 Å². The summed E-state index contributed by atoms with van der Waals surface area (Å²) in [5.74, 6) is -0.0950. The molecule has 0 radical (unpaired) electrons. The third-order valence-corrected chi connectivity index (χ3v) is 0.933. The number of rotatable bonds is 1. The molecule has 3 nitrogen and oxygen atoms in total. The Labute approximate surface area is 87.5 Å². The third kappa shape index (κ3) is 4.14. The normalized spacial score (nSPS) is 8.09. The van der Waals surface area contributed by atoms with Crippen LogP contribution < -0.4 is 34.9 Å². The van der Waals surface area contributed by atoms with Crippen molar-refractivity contribution in [2.75, 3.05) is 5.32 Å². The molecule has 0 aliphatic carbocycles. The number of hydrogen-bond acceptors (Lipinski definition) is 2. The van der Waals surface area contributed by atoms with Gasteiger partial charge in [0.15, 0.2) is 0 Å². The molecule has 0 saturated heterocycles. The first kappa shape index (κ1) is 10.6. The number of hydrogen-bond donors (Lipinski definition) is 1. The van der Waals surface area contributed by atoms with Crippen LogP contribution in [-0.4, -0.2) is 10.9 Å². The number of amides is 1. The number of carbonyl (C=O) groups is 1. The van der Waals surface area contributed by atoms with Crippen LogP contribution in [0.15, 0.2) is 18.5 Å². The maximum Gasteiger partial charge on any atom is 1.00 e. The number of aromatic nitrogens is 1. The molecule has 4 heteroatoms. The molecule has 0 fully saturated rings. The van der Waals surface area contributed by atoms with Gasteiger partial charge in [-0.25, -0.2) is 6.07 Å². The van der Waals surface area contributed by atoms with Gasteiger partial charge in [0.2, 0.25) is 5.91 Å². The molecule has 0 saturated carbocycles. The average molecular weight is 158 g/mol. The number of anilines is 1. The molecule has 52 valence electrons. The van der Waals surface area contributed by atoms with Gasteiger partial charge in [0.25, 0.3) is 0 Å². The van der Waals surface area contributed by atoms with Crippen LogP contribution in [0.5, 0.6) is 0 Å². The number of pyridine rings is 1. The summed E-state index contributed by atoms with van der Waals surface area (Å²) in [4.78, 5) is 14.2. The zero-order valence-corrected chi connectivity index (χ0v) is 8.59. The quantitative estimate of drug-likeness (QED) is 0.374. The molecular formula is C7H7N2NaO. The summed E-state index contributed by atoms with van der Waals surface area (Å²) < 4.78 is 0. The second kappa shape index (κ2) is 5.29. The third-order valence-electron chi connectivity index (χ3n) is 0.933. The van der Waals surface area contributed by atoms with Crippen LogP contribution in [0.4, 0.5) is 5.69 Å². The van der Waals surface area contributed by atoms with E-state index in [9.17, 15) is 4.79 Å². The van der Waals surface area contributed by atoms with Gasteiger partial charge in [-0.3, -0.25) is 4.79 Å². The minimum absolute atomic E-state index is 0. The van der Waals surface area contributed by atoms with Gasteiger partial charge in [-0.15, -0.1) is 5.69 Å². The minimum atomic E-state index is -0.0950. The van der Waals surface area contributed by atoms with E-state index in [0.29, 0.717) is 5.69 Å². The topological polar surface area (TPSA) is 42.0 Å². The zero-order valence-electron chi connectivity index (χ0n) is 6.59. The predicted octanol–water partition coefficient (Wildman–Crippen LogP) is -2.16. The molecule has 1 rings (SSSR count). The van der Waals surface area contributed by atoms with E-state index in [2.05, 4.69) is 16.4 Å². The first-order valence-electron chi connectivity index (χ1n) is 2.88. The summed E-state index contributed by atoms with van der Waals surface area (Å²) in [7, 11) is 0. The molecule has 0 aromatic carbocycles. The predicted molar refractivity (Wildman–Crippen MR) is 37.4 cm³/mol.